The van der Waals surface area contributed by atoms with Crippen LogP contribution in [0, 0.1) is 0 Å². The summed E-state index contributed by atoms with van der Waals surface area (Å²) in [6, 6.07) is -4.85. The zero-order chi connectivity index (χ0) is 55.5. The molecule has 6 heterocycles. The molecule has 0 spiro atoms. The average Bonchev–Trinajstić information content (AvgIpc) is 3.36. The predicted molar refractivity (Wildman–Crippen MR) is 233 cm³/mol. The van der Waals surface area contributed by atoms with E-state index in [2.05, 4.69) is 16.0 Å². The Kier molecular flexibility index (Phi) is 21.8. The lowest BCUT2D eigenvalue weighted by Gasteiger charge is -2.51. The van der Waals surface area contributed by atoms with Crippen LogP contribution in [0.4, 0.5) is 0 Å². The second-order valence-corrected chi connectivity index (χ2v) is 19.0. The molecule has 6 saturated heterocycles. The minimum Gasteiger partial charge on any atom is -0.394 e. The van der Waals surface area contributed by atoms with Crippen LogP contribution >= 0.6 is 0 Å². The molecular formula is C42H71N3O30. The lowest BCUT2D eigenvalue weighted by Crippen LogP contribution is -2.71. The van der Waals surface area contributed by atoms with Gasteiger partial charge in [0.2, 0.25) is 17.7 Å². The molecule has 434 valence electrons. The third-order valence-corrected chi connectivity index (χ3v) is 13.6. The van der Waals surface area contributed by atoms with Gasteiger partial charge in [0.15, 0.2) is 37.7 Å². The summed E-state index contributed by atoms with van der Waals surface area (Å²) in [7, 11) is 0. The number of hydrogen-bond acceptors (Lipinski definition) is 30. The molecule has 6 aliphatic heterocycles. The van der Waals surface area contributed by atoms with Crippen molar-refractivity contribution in [2.75, 3.05) is 33.0 Å². The Morgan fingerprint density at radius 1 is 0.373 bits per heavy atom. The van der Waals surface area contributed by atoms with Gasteiger partial charge in [0, 0.05) is 20.8 Å². The fourth-order valence-corrected chi connectivity index (χ4v) is 9.57. The largest absolute Gasteiger partial charge is 0.394 e. The Labute approximate surface area is 426 Å². The van der Waals surface area contributed by atoms with E-state index in [1.807, 2.05) is 0 Å². The Bertz CT molecular complexity index is 1850. The molecule has 0 aliphatic carbocycles. The first kappa shape index (κ1) is 61.5. The number of aliphatic hydroxyl groups excluding tert-OH is 16. The van der Waals surface area contributed by atoms with Crippen LogP contribution in [0.3, 0.4) is 0 Å². The summed E-state index contributed by atoms with van der Waals surface area (Å²) in [4.78, 5) is 37.0. The molecule has 75 heavy (non-hydrogen) atoms. The Balaban J connectivity index is 1.17. The normalized spacial score (nSPS) is 48.6. The highest BCUT2D eigenvalue weighted by Crippen LogP contribution is 2.36. The number of rotatable bonds is 18. The second kappa shape index (κ2) is 26.5. The molecule has 33 nitrogen and oxygen atoms in total. The Hall–Kier alpha value is -2.67. The van der Waals surface area contributed by atoms with Crippen molar-refractivity contribution >= 4 is 17.7 Å². The van der Waals surface area contributed by atoms with E-state index in [9.17, 15) is 96.1 Å². The number of carbonyl (C=O) groups excluding carboxylic acids is 3. The van der Waals surface area contributed by atoms with Gasteiger partial charge in [0.05, 0.1) is 39.1 Å². The van der Waals surface area contributed by atoms with Crippen LogP contribution in [-0.2, 0) is 66.5 Å². The van der Waals surface area contributed by atoms with Crippen molar-refractivity contribution in [3.8, 4) is 0 Å². The summed E-state index contributed by atoms with van der Waals surface area (Å²) < 4.78 is 63.5. The zero-order valence-corrected chi connectivity index (χ0v) is 40.7. The van der Waals surface area contributed by atoms with Crippen molar-refractivity contribution in [2.45, 2.75) is 212 Å². The summed E-state index contributed by atoms with van der Waals surface area (Å²) in [6.07, 6.45) is -48.7. The maximum Gasteiger partial charge on any atom is 0.217 e. The number of aliphatic hydroxyl groups is 16. The van der Waals surface area contributed by atoms with Crippen LogP contribution in [0.5, 0.6) is 0 Å². The van der Waals surface area contributed by atoms with Gasteiger partial charge in [-0.3, -0.25) is 14.4 Å². The molecule has 0 bridgehead atoms. The zero-order valence-electron chi connectivity index (χ0n) is 40.7. The van der Waals surface area contributed by atoms with Crippen LogP contribution < -0.4 is 16.0 Å². The van der Waals surface area contributed by atoms with E-state index in [1.165, 1.54) is 6.92 Å². The predicted octanol–water partition coefficient (Wildman–Crippen LogP) is -12.6. The molecule has 3 amide bonds. The molecule has 0 aromatic heterocycles. The molecule has 6 aliphatic rings. The highest BCUT2D eigenvalue weighted by atomic mass is 16.8. The number of nitrogens with one attached hydrogen (secondary N) is 3. The van der Waals surface area contributed by atoms with E-state index in [4.69, 9.17) is 52.1 Å². The van der Waals surface area contributed by atoms with Crippen LogP contribution in [0.2, 0.25) is 0 Å². The van der Waals surface area contributed by atoms with Gasteiger partial charge in [0.1, 0.15) is 140 Å². The van der Waals surface area contributed by atoms with Crippen LogP contribution in [0.1, 0.15) is 27.7 Å². The highest BCUT2D eigenvalue weighted by molar-refractivity contribution is 5.74. The van der Waals surface area contributed by atoms with Gasteiger partial charge >= 0.3 is 0 Å². The minimum atomic E-state index is -2.14. The van der Waals surface area contributed by atoms with Gasteiger partial charge in [-0.1, -0.05) is 0 Å². The van der Waals surface area contributed by atoms with Gasteiger partial charge in [-0.25, -0.2) is 0 Å². The maximum atomic E-state index is 12.7. The van der Waals surface area contributed by atoms with Crippen molar-refractivity contribution < 1.29 is 148 Å². The van der Waals surface area contributed by atoms with Crippen LogP contribution in [0.25, 0.3) is 0 Å². The summed E-state index contributed by atoms with van der Waals surface area (Å²) in [5.41, 5.74) is 0. The molecule has 0 radical (unpaired) electrons. The summed E-state index contributed by atoms with van der Waals surface area (Å²) in [6.45, 7) is -0.0962. The van der Waals surface area contributed by atoms with Crippen LogP contribution in [0.15, 0.2) is 0 Å². The SMILES string of the molecule is CC(=O)N[C@@H]1[C@@H](O[C@@H]2O[C@@H](C)[C@@H](O)[C@@H](O)[C@@H]2O)[C@H](O[C@@H]2O[C@H](CO)[C@@H](O[C@@H]3O[C@H](CO[C@H]4O[C@H](CO)[C@@H](O[C@@H]5O[C@H](CO)[C@@H](O)[C@H](O)[C@H]5NC(C)=O)[C@H](O)[C@@H]4O)[C@@H](O)[C@H](O)[C@@H]3O)[C@H](O)[C@H]2NC(C)=O)[C@@H](CO)O[C@H]1O. The van der Waals surface area contributed by atoms with Gasteiger partial charge in [-0.15, -0.1) is 0 Å². The topological polar surface area (TPSA) is 513 Å². The van der Waals surface area contributed by atoms with Crippen molar-refractivity contribution in [3.63, 3.8) is 0 Å². The summed E-state index contributed by atoms with van der Waals surface area (Å²) in [5, 5.41) is 179. The van der Waals surface area contributed by atoms with E-state index in [0.717, 1.165) is 20.8 Å². The Morgan fingerprint density at radius 3 is 1.31 bits per heavy atom. The molecule has 0 aromatic carbocycles. The number of amides is 3. The fraction of sp³-hybridized carbons (Fsp3) is 0.929. The third kappa shape index (κ3) is 13.7. The molecule has 30 atom stereocenters. The summed E-state index contributed by atoms with van der Waals surface area (Å²) >= 11 is 0. The summed E-state index contributed by atoms with van der Waals surface area (Å²) in [5.74, 6) is -2.29. The Morgan fingerprint density at radius 2 is 0.760 bits per heavy atom. The van der Waals surface area contributed by atoms with E-state index in [0.29, 0.717) is 0 Å². The molecule has 6 fully saturated rings. The lowest BCUT2D eigenvalue weighted by molar-refractivity contribution is -0.377. The molecule has 0 saturated carbocycles. The first-order valence-electron chi connectivity index (χ1n) is 23.9. The first-order chi connectivity index (χ1) is 35.4. The van der Waals surface area contributed by atoms with Gasteiger partial charge in [0.25, 0.3) is 0 Å². The lowest BCUT2D eigenvalue weighted by atomic mass is 9.93. The quantitative estimate of drug-likeness (QED) is 0.0606. The average molecular weight is 1100 g/mol. The van der Waals surface area contributed by atoms with E-state index in [1.54, 1.807) is 0 Å². The molecule has 33 heteroatoms. The molecule has 0 unspecified atom stereocenters. The fourth-order valence-electron chi connectivity index (χ4n) is 9.57. The van der Waals surface area contributed by atoms with Crippen LogP contribution in [-0.4, -0.2) is 317 Å². The third-order valence-electron chi connectivity index (χ3n) is 13.6. The first-order valence-corrected chi connectivity index (χ1v) is 23.9. The van der Waals surface area contributed by atoms with Gasteiger partial charge < -0.3 is 150 Å². The van der Waals surface area contributed by atoms with Crippen molar-refractivity contribution in [2.24, 2.45) is 0 Å². The standard InChI is InChI=1S/C42H71N3O30/c1-10-22(53)27(58)30(61)41(66-10)75-36-21(45-13(4)52)37(64)67-17(8-49)35(36)74-39-20(44-12(3)51)26(57)33(15(6-47)69-39)73-42-31(62)28(59)24(55)18(71-42)9-65-40-32(63)29(60)34(16(7-48)70-40)72-38-19(43-11(2)50)25(56)23(54)14(5-46)68-38/h10,14-42,46-49,53-64H,5-9H2,1-4H3,(H,43,50)(H,44,51)(H,45,52)/t10-,14+,15+,16+,17+,18+,19+,20+,21+,22+,23+,24+,25+,26+,27+,28-,29+,30-,31-,32-,33+,34+,35+,36+,37+,38-,39-,40-,41-,42-/m0/s1. The molecule has 6 rings (SSSR count). The minimum absolute atomic E-state index is 0.706. The van der Waals surface area contributed by atoms with Crippen molar-refractivity contribution in [1.82, 2.24) is 16.0 Å². The van der Waals surface area contributed by atoms with Crippen molar-refractivity contribution in [3.05, 3.63) is 0 Å². The van der Waals surface area contributed by atoms with E-state index < -0.39 is 235 Å². The van der Waals surface area contributed by atoms with E-state index in [-0.39, 0.29) is 0 Å². The second-order valence-electron chi connectivity index (χ2n) is 19.0. The van der Waals surface area contributed by atoms with Crippen molar-refractivity contribution in [1.29, 1.82) is 0 Å². The molecular weight excluding hydrogens is 1030 g/mol. The number of carbonyl (C=O) groups is 3. The van der Waals surface area contributed by atoms with E-state index >= 15 is 0 Å². The molecule has 19 N–H and O–H groups in total. The maximum absolute atomic E-state index is 12.7. The number of hydrogen-bond donors (Lipinski definition) is 19. The number of ether oxygens (including phenoxy) is 11. The van der Waals surface area contributed by atoms with Gasteiger partial charge in [-0.2, -0.15) is 0 Å². The highest BCUT2D eigenvalue weighted by Gasteiger charge is 2.57. The monoisotopic (exact) mass is 1100 g/mol. The smallest absolute Gasteiger partial charge is 0.217 e. The van der Waals surface area contributed by atoms with Gasteiger partial charge in [-0.05, 0) is 6.92 Å². The molecule has 0 aromatic rings.